The third kappa shape index (κ3) is 10.2. The van der Waals surface area contributed by atoms with Crippen LogP contribution in [0.2, 0.25) is 0 Å². The topological polar surface area (TPSA) is 32.3 Å². The molecule has 3 nitrogen and oxygen atoms in total. The predicted octanol–water partition coefficient (Wildman–Crippen LogP) is 6.39. The summed E-state index contributed by atoms with van der Waals surface area (Å²) >= 11 is 0. The first kappa shape index (κ1) is 21.5. The van der Waals surface area contributed by atoms with Crippen molar-refractivity contribution in [2.24, 2.45) is 0 Å². The molecule has 0 atom stereocenters. The first-order chi connectivity index (χ1) is 12.2. The maximum atomic E-state index is 11.3. The van der Waals surface area contributed by atoms with Gasteiger partial charge in [0, 0.05) is 31.4 Å². The zero-order valence-corrected chi connectivity index (χ0v) is 16.7. The fraction of sp³-hybridized carbons (Fsp3) is 0.682. The summed E-state index contributed by atoms with van der Waals surface area (Å²) in [5.74, 6) is -0.0115. The zero-order valence-electron chi connectivity index (χ0n) is 16.7. The molecule has 1 amide bonds. The molecule has 0 aliphatic heterocycles. The van der Waals surface area contributed by atoms with Crippen molar-refractivity contribution in [2.75, 3.05) is 23.3 Å². The van der Waals surface area contributed by atoms with E-state index in [1.165, 1.54) is 69.9 Å². The van der Waals surface area contributed by atoms with Gasteiger partial charge in [-0.05, 0) is 31.0 Å². The fourth-order valence-electron chi connectivity index (χ4n) is 3.17. The van der Waals surface area contributed by atoms with Crippen molar-refractivity contribution in [3.8, 4) is 0 Å². The molecule has 0 aromatic heterocycles. The predicted molar refractivity (Wildman–Crippen MR) is 110 cm³/mol. The third-order valence-corrected chi connectivity index (χ3v) is 4.59. The summed E-state index contributed by atoms with van der Waals surface area (Å²) in [4.78, 5) is 13.8. The van der Waals surface area contributed by atoms with Gasteiger partial charge in [-0.3, -0.25) is 4.79 Å². The van der Waals surface area contributed by atoms with E-state index >= 15 is 0 Å². The number of benzene rings is 1. The van der Waals surface area contributed by atoms with Gasteiger partial charge in [0.2, 0.25) is 5.91 Å². The van der Waals surface area contributed by atoms with Gasteiger partial charge in [-0.25, -0.2) is 0 Å². The number of unbranched alkanes of at least 4 members (excludes halogenated alkanes) is 8. The average molecular weight is 347 g/mol. The molecule has 0 radical (unpaired) electrons. The van der Waals surface area contributed by atoms with Gasteiger partial charge in [-0.1, -0.05) is 71.3 Å². The number of hydrogen-bond donors (Lipinski definition) is 1. The van der Waals surface area contributed by atoms with Crippen LogP contribution in [0.1, 0.15) is 85.0 Å². The Morgan fingerprint density at radius 2 is 1.44 bits per heavy atom. The molecule has 0 unspecified atom stereocenters. The molecule has 0 heterocycles. The van der Waals surface area contributed by atoms with Crippen LogP contribution in [0.3, 0.4) is 0 Å². The van der Waals surface area contributed by atoms with Gasteiger partial charge in [-0.2, -0.15) is 0 Å². The number of carbonyl (C=O) groups is 1. The lowest BCUT2D eigenvalue weighted by Gasteiger charge is -2.25. The van der Waals surface area contributed by atoms with Crippen LogP contribution in [0.5, 0.6) is 0 Å². The van der Waals surface area contributed by atoms with Crippen LogP contribution in [-0.2, 0) is 4.79 Å². The highest BCUT2D eigenvalue weighted by Gasteiger charge is 2.07. The first-order valence-corrected chi connectivity index (χ1v) is 10.3. The first-order valence-electron chi connectivity index (χ1n) is 10.3. The quantitative estimate of drug-likeness (QED) is 0.396. The average Bonchev–Trinajstić information content (AvgIpc) is 2.59. The summed E-state index contributed by atoms with van der Waals surface area (Å²) in [6.07, 6.45) is 13.1. The molecule has 1 N–H and O–H groups in total. The van der Waals surface area contributed by atoms with Crippen molar-refractivity contribution in [2.45, 2.75) is 85.0 Å². The number of nitrogens with one attached hydrogen (secondary N) is 1. The molecule has 0 bridgehead atoms. The van der Waals surface area contributed by atoms with E-state index < -0.39 is 0 Å². The van der Waals surface area contributed by atoms with E-state index in [1.807, 2.05) is 12.1 Å². The van der Waals surface area contributed by atoms with Crippen molar-refractivity contribution >= 4 is 17.3 Å². The van der Waals surface area contributed by atoms with Gasteiger partial charge >= 0.3 is 0 Å². The lowest BCUT2D eigenvalue weighted by molar-refractivity contribution is -0.114. The maximum absolute atomic E-state index is 11.3. The number of amides is 1. The van der Waals surface area contributed by atoms with Gasteiger partial charge in [0.15, 0.2) is 0 Å². The monoisotopic (exact) mass is 346 g/mol. The van der Waals surface area contributed by atoms with E-state index in [-0.39, 0.29) is 5.91 Å². The molecule has 0 aliphatic carbocycles. The summed E-state index contributed by atoms with van der Waals surface area (Å²) in [7, 11) is 0. The molecular formula is C22H38N2O. The Morgan fingerprint density at radius 3 is 2.04 bits per heavy atom. The molecular weight excluding hydrogens is 308 g/mol. The normalized spacial score (nSPS) is 10.7. The molecule has 0 saturated heterocycles. The Hall–Kier alpha value is -1.51. The smallest absolute Gasteiger partial charge is 0.221 e. The van der Waals surface area contributed by atoms with E-state index in [2.05, 4.69) is 36.2 Å². The van der Waals surface area contributed by atoms with Gasteiger partial charge < -0.3 is 10.2 Å². The molecule has 1 aromatic carbocycles. The Bertz CT molecular complexity index is 473. The molecule has 3 heteroatoms. The fourth-order valence-corrected chi connectivity index (χ4v) is 3.17. The molecule has 0 fully saturated rings. The van der Waals surface area contributed by atoms with E-state index in [4.69, 9.17) is 0 Å². The molecule has 0 aliphatic rings. The van der Waals surface area contributed by atoms with E-state index in [1.54, 1.807) is 6.92 Å². The molecule has 1 rings (SSSR count). The standard InChI is InChI=1S/C22H38N2O/c1-4-6-8-10-11-13-18-24(17-12-9-7-5-2)22-16-14-15-21(19-22)23-20(3)25/h14-16,19H,4-13,17-18H2,1-3H3,(H,23,25). The second-order valence-corrected chi connectivity index (χ2v) is 7.05. The molecule has 142 valence electrons. The van der Waals surface area contributed by atoms with Crippen LogP contribution in [0, 0.1) is 0 Å². The summed E-state index contributed by atoms with van der Waals surface area (Å²) in [5, 5.41) is 2.90. The maximum Gasteiger partial charge on any atom is 0.221 e. The SMILES string of the molecule is CCCCCCCCN(CCCCCC)c1cccc(NC(C)=O)c1. The van der Waals surface area contributed by atoms with Gasteiger partial charge in [-0.15, -0.1) is 0 Å². The second kappa shape index (κ2) is 13.7. The van der Waals surface area contributed by atoms with Crippen LogP contribution >= 0.6 is 0 Å². The number of anilines is 2. The molecule has 0 spiro atoms. The lowest BCUT2D eigenvalue weighted by Crippen LogP contribution is -2.26. The van der Waals surface area contributed by atoms with Crippen LogP contribution in [-0.4, -0.2) is 19.0 Å². The van der Waals surface area contributed by atoms with Crippen molar-refractivity contribution < 1.29 is 4.79 Å². The lowest BCUT2D eigenvalue weighted by atomic mass is 10.1. The number of carbonyl (C=O) groups excluding carboxylic acids is 1. The van der Waals surface area contributed by atoms with Crippen molar-refractivity contribution in [3.63, 3.8) is 0 Å². The second-order valence-electron chi connectivity index (χ2n) is 7.05. The number of nitrogens with zero attached hydrogens (tertiary/aromatic N) is 1. The summed E-state index contributed by atoms with van der Waals surface area (Å²) in [6.45, 7) is 8.30. The highest BCUT2D eigenvalue weighted by Crippen LogP contribution is 2.21. The Kier molecular flexibility index (Phi) is 11.8. The summed E-state index contributed by atoms with van der Waals surface area (Å²) < 4.78 is 0. The Balaban J connectivity index is 2.58. The van der Waals surface area contributed by atoms with Gasteiger partial charge in [0.05, 0.1) is 0 Å². The van der Waals surface area contributed by atoms with Crippen molar-refractivity contribution in [3.05, 3.63) is 24.3 Å². The van der Waals surface area contributed by atoms with Crippen LogP contribution < -0.4 is 10.2 Å². The Morgan fingerprint density at radius 1 is 0.880 bits per heavy atom. The van der Waals surface area contributed by atoms with Crippen LogP contribution in [0.15, 0.2) is 24.3 Å². The van der Waals surface area contributed by atoms with E-state index in [9.17, 15) is 4.79 Å². The highest BCUT2D eigenvalue weighted by molar-refractivity contribution is 5.89. The largest absolute Gasteiger partial charge is 0.371 e. The number of hydrogen-bond acceptors (Lipinski definition) is 2. The molecule has 0 saturated carbocycles. The van der Waals surface area contributed by atoms with Gasteiger partial charge in [0.25, 0.3) is 0 Å². The van der Waals surface area contributed by atoms with E-state index in [0.29, 0.717) is 0 Å². The van der Waals surface area contributed by atoms with Crippen LogP contribution in [0.25, 0.3) is 0 Å². The molecule has 25 heavy (non-hydrogen) atoms. The highest BCUT2D eigenvalue weighted by atomic mass is 16.1. The zero-order chi connectivity index (χ0) is 18.3. The van der Waals surface area contributed by atoms with E-state index in [0.717, 1.165) is 18.8 Å². The minimum atomic E-state index is -0.0115. The summed E-state index contributed by atoms with van der Waals surface area (Å²) in [6, 6.07) is 8.28. The minimum absolute atomic E-state index is 0.0115. The summed E-state index contributed by atoms with van der Waals surface area (Å²) in [5.41, 5.74) is 2.13. The third-order valence-electron chi connectivity index (χ3n) is 4.59. The van der Waals surface area contributed by atoms with Crippen LogP contribution in [0.4, 0.5) is 11.4 Å². The van der Waals surface area contributed by atoms with Crippen molar-refractivity contribution in [1.82, 2.24) is 0 Å². The van der Waals surface area contributed by atoms with Crippen molar-refractivity contribution in [1.29, 1.82) is 0 Å². The number of rotatable bonds is 14. The Labute approximate surface area is 155 Å². The van der Waals surface area contributed by atoms with Gasteiger partial charge in [0.1, 0.15) is 0 Å². The minimum Gasteiger partial charge on any atom is -0.371 e. The molecule has 1 aromatic rings.